The molecule has 0 bridgehead atoms. The van der Waals surface area contributed by atoms with Crippen molar-refractivity contribution in [2.45, 2.75) is 52.5 Å². The topological polar surface area (TPSA) is 55.2 Å². The molecule has 1 amide bonds. The summed E-state index contributed by atoms with van der Waals surface area (Å²) in [7, 11) is 0. The predicted octanol–water partition coefficient (Wildman–Crippen LogP) is 6.88. The molecule has 0 saturated carbocycles. The quantitative estimate of drug-likeness (QED) is 0.179. The van der Waals surface area contributed by atoms with E-state index in [1.807, 2.05) is 104 Å². The highest BCUT2D eigenvalue weighted by Crippen LogP contribution is 2.27. The Morgan fingerprint density at radius 2 is 1.65 bits per heavy atom. The largest absolute Gasteiger partial charge is 0.329 e. The Bertz CT molecular complexity index is 1420. The molecule has 1 aromatic heterocycles. The maximum Gasteiger partial charge on any atom is 0.266 e. The normalized spacial score (nSPS) is 12.2. The molecule has 5 heteroatoms. The van der Waals surface area contributed by atoms with Gasteiger partial charge in [0.1, 0.15) is 5.82 Å². The highest BCUT2D eigenvalue weighted by atomic mass is 16.2. The number of nitrogens with zero attached hydrogens (tertiary/aromatic N) is 3. The molecular weight excluding hydrogens is 458 g/mol. The highest BCUT2D eigenvalue weighted by Gasteiger charge is 2.28. The van der Waals surface area contributed by atoms with Crippen LogP contribution >= 0.6 is 0 Å². The first-order valence-corrected chi connectivity index (χ1v) is 13.2. The Kier molecular flexibility index (Phi) is 8.68. The van der Waals surface area contributed by atoms with Gasteiger partial charge in [-0.25, -0.2) is 4.98 Å². The lowest BCUT2D eigenvalue weighted by molar-refractivity contribution is -0.128. The SMILES string of the molecule is CCCCCN(C(=O)/C=C/c1ccccc1)C(CC)c1nc2ccccc2c(=O)n1-c1ccc(C)cc1. The Labute approximate surface area is 219 Å². The second kappa shape index (κ2) is 12.3. The fraction of sp³-hybridized carbons (Fsp3) is 0.281. The van der Waals surface area contributed by atoms with Gasteiger partial charge in [-0.1, -0.05) is 86.8 Å². The van der Waals surface area contributed by atoms with Gasteiger partial charge in [-0.05, 0) is 55.7 Å². The molecule has 0 radical (unpaired) electrons. The number of hydrogen-bond donors (Lipinski definition) is 0. The summed E-state index contributed by atoms with van der Waals surface area (Å²) >= 11 is 0. The summed E-state index contributed by atoms with van der Waals surface area (Å²) in [6.45, 7) is 6.82. The Hall–Kier alpha value is -3.99. The zero-order valence-electron chi connectivity index (χ0n) is 21.9. The molecule has 4 rings (SSSR count). The van der Waals surface area contributed by atoms with Crippen LogP contribution in [0, 0.1) is 6.92 Å². The van der Waals surface area contributed by atoms with Gasteiger partial charge in [0.2, 0.25) is 5.91 Å². The van der Waals surface area contributed by atoms with Crippen molar-refractivity contribution in [3.63, 3.8) is 0 Å². The molecule has 1 unspecified atom stereocenters. The highest BCUT2D eigenvalue weighted by molar-refractivity contribution is 5.92. The van der Waals surface area contributed by atoms with Crippen molar-refractivity contribution in [3.05, 3.63) is 112 Å². The lowest BCUT2D eigenvalue weighted by atomic mass is 10.1. The monoisotopic (exact) mass is 493 g/mol. The van der Waals surface area contributed by atoms with Crippen LogP contribution in [0.1, 0.15) is 62.5 Å². The van der Waals surface area contributed by atoms with Gasteiger partial charge in [-0.2, -0.15) is 0 Å². The van der Waals surface area contributed by atoms with Crippen LogP contribution in [-0.2, 0) is 4.79 Å². The number of carbonyl (C=O) groups excluding carboxylic acids is 1. The van der Waals surface area contributed by atoms with E-state index in [9.17, 15) is 9.59 Å². The average molecular weight is 494 g/mol. The summed E-state index contributed by atoms with van der Waals surface area (Å²) < 4.78 is 1.69. The van der Waals surface area contributed by atoms with E-state index in [1.54, 1.807) is 10.6 Å². The van der Waals surface area contributed by atoms with Gasteiger partial charge in [-0.15, -0.1) is 0 Å². The third-order valence-corrected chi connectivity index (χ3v) is 6.66. The zero-order valence-corrected chi connectivity index (χ0v) is 21.9. The first-order chi connectivity index (χ1) is 18.0. The van der Waals surface area contributed by atoms with E-state index in [0.29, 0.717) is 29.7 Å². The van der Waals surface area contributed by atoms with Gasteiger partial charge >= 0.3 is 0 Å². The van der Waals surface area contributed by atoms with Crippen LogP contribution in [-0.4, -0.2) is 26.9 Å². The molecule has 37 heavy (non-hydrogen) atoms. The molecule has 1 atom stereocenters. The molecule has 0 saturated heterocycles. The maximum atomic E-state index is 13.8. The van der Waals surface area contributed by atoms with Crippen LogP contribution in [0.5, 0.6) is 0 Å². The summed E-state index contributed by atoms with van der Waals surface area (Å²) in [5.41, 5.74) is 3.36. The Balaban J connectivity index is 1.84. The fourth-order valence-electron chi connectivity index (χ4n) is 4.64. The van der Waals surface area contributed by atoms with Gasteiger partial charge in [-0.3, -0.25) is 14.2 Å². The number of aryl methyl sites for hydroxylation is 1. The van der Waals surface area contributed by atoms with Crippen molar-refractivity contribution < 1.29 is 4.79 Å². The number of rotatable bonds is 10. The van der Waals surface area contributed by atoms with Gasteiger partial charge in [0.25, 0.3) is 5.56 Å². The fourth-order valence-corrected chi connectivity index (χ4v) is 4.64. The van der Waals surface area contributed by atoms with E-state index in [4.69, 9.17) is 4.98 Å². The number of carbonyl (C=O) groups is 1. The first-order valence-electron chi connectivity index (χ1n) is 13.2. The number of aromatic nitrogens is 2. The molecular formula is C32H35N3O2. The van der Waals surface area contributed by atoms with E-state index in [0.717, 1.165) is 36.1 Å². The number of amides is 1. The van der Waals surface area contributed by atoms with Crippen LogP contribution in [0.25, 0.3) is 22.7 Å². The van der Waals surface area contributed by atoms with E-state index in [1.165, 1.54) is 0 Å². The Morgan fingerprint density at radius 1 is 0.946 bits per heavy atom. The van der Waals surface area contributed by atoms with Crippen LogP contribution in [0.2, 0.25) is 0 Å². The van der Waals surface area contributed by atoms with Crippen molar-refractivity contribution in [1.82, 2.24) is 14.5 Å². The molecule has 0 spiro atoms. The summed E-state index contributed by atoms with van der Waals surface area (Å²) in [6, 6.07) is 24.8. The molecule has 190 valence electrons. The van der Waals surface area contributed by atoms with Crippen molar-refractivity contribution in [2.24, 2.45) is 0 Å². The third kappa shape index (κ3) is 6.05. The van der Waals surface area contributed by atoms with E-state index in [2.05, 4.69) is 6.92 Å². The molecule has 0 N–H and O–H groups in total. The number of para-hydroxylation sites is 1. The minimum Gasteiger partial charge on any atom is -0.329 e. The number of benzene rings is 3. The third-order valence-electron chi connectivity index (χ3n) is 6.66. The Morgan fingerprint density at radius 3 is 2.35 bits per heavy atom. The van der Waals surface area contributed by atoms with Crippen LogP contribution < -0.4 is 5.56 Å². The summed E-state index contributed by atoms with van der Waals surface area (Å²) in [6.07, 6.45) is 7.09. The van der Waals surface area contributed by atoms with E-state index in [-0.39, 0.29) is 17.5 Å². The van der Waals surface area contributed by atoms with Gasteiger partial charge in [0, 0.05) is 12.6 Å². The van der Waals surface area contributed by atoms with E-state index < -0.39 is 0 Å². The maximum absolute atomic E-state index is 13.8. The zero-order chi connectivity index (χ0) is 26.2. The van der Waals surface area contributed by atoms with Crippen LogP contribution in [0.3, 0.4) is 0 Å². The average Bonchev–Trinajstić information content (AvgIpc) is 2.93. The predicted molar refractivity (Wildman–Crippen MR) is 152 cm³/mol. The second-order valence-electron chi connectivity index (χ2n) is 9.37. The lowest BCUT2D eigenvalue weighted by Gasteiger charge is -2.32. The van der Waals surface area contributed by atoms with Crippen molar-refractivity contribution >= 4 is 22.9 Å². The molecule has 5 nitrogen and oxygen atoms in total. The minimum atomic E-state index is -0.358. The van der Waals surface area contributed by atoms with Gasteiger partial charge in [0.05, 0.1) is 22.6 Å². The second-order valence-corrected chi connectivity index (χ2v) is 9.37. The smallest absolute Gasteiger partial charge is 0.266 e. The van der Waals surface area contributed by atoms with Gasteiger partial charge < -0.3 is 4.90 Å². The van der Waals surface area contributed by atoms with Crippen LogP contribution in [0.15, 0.2) is 89.7 Å². The molecule has 1 heterocycles. The summed E-state index contributed by atoms with van der Waals surface area (Å²) in [5.74, 6) is 0.512. The molecule has 0 fully saturated rings. The number of hydrogen-bond acceptors (Lipinski definition) is 3. The lowest BCUT2D eigenvalue weighted by Crippen LogP contribution is -2.38. The first kappa shape index (κ1) is 26.1. The number of fused-ring (bicyclic) bond motifs is 1. The van der Waals surface area contributed by atoms with Gasteiger partial charge in [0.15, 0.2) is 0 Å². The standard InChI is InChI=1S/C32H35N3O2/c1-4-6-12-23-34(30(36)22-19-25-13-8-7-9-14-25)29(5-2)31-33-28-16-11-10-15-27(28)32(37)35(31)26-20-17-24(3)18-21-26/h7-11,13-22,29H,4-6,12,23H2,1-3H3/b22-19+. The van der Waals surface area contributed by atoms with Crippen LogP contribution in [0.4, 0.5) is 0 Å². The molecule has 3 aromatic carbocycles. The summed E-state index contributed by atoms with van der Waals surface area (Å²) in [4.78, 5) is 34.4. The molecule has 0 aliphatic carbocycles. The minimum absolute atomic E-state index is 0.0790. The van der Waals surface area contributed by atoms with Crippen molar-refractivity contribution in [2.75, 3.05) is 6.54 Å². The molecule has 0 aliphatic heterocycles. The van der Waals surface area contributed by atoms with Crippen molar-refractivity contribution in [1.29, 1.82) is 0 Å². The van der Waals surface area contributed by atoms with Crippen molar-refractivity contribution in [3.8, 4) is 5.69 Å². The summed E-state index contributed by atoms with van der Waals surface area (Å²) in [5, 5.41) is 0.564. The van der Waals surface area contributed by atoms with E-state index >= 15 is 0 Å². The molecule has 0 aliphatic rings. The number of unbranched alkanes of at least 4 members (excludes halogenated alkanes) is 2. The molecule has 4 aromatic rings.